The van der Waals surface area contributed by atoms with Crippen molar-refractivity contribution in [2.24, 2.45) is 0 Å². The van der Waals surface area contributed by atoms with E-state index in [0.717, 1.165) is 13.1 Å². The minimum absolute atomic E-state index is 0.573. The third kappa shape index (κ3) is 2.54. The van der Waals surface area contributed by atoms with E-state index in [1.54, 1.807) is 0 Å². The van der Waals surface area contributed by atoms with Crippen LogP contribution < -0.4 is 5.32 Å². The minimum Gasteiger partial charge on any atom is -0.310 e. The van der Waals surface area contributed by atoms with Crippen LogP contribution >= 0.6 is 39.0 Å². The van der Waals surface area contributed by atoms with Crippen molar-refractivity contribution in [2.75, 3.05) is 12.8 Å². The highest BCUT2D eigenvalue weighted by atomic mass is 79.9. The summed E-state index contributed by atoms with van der Waals surface area (Å²) < 4.78 is 1.81. The fourth-order valence-corrected chi connectivity index (χ4v) is 3.67. The third-order valence-corrected chi connectivity index (χ3v) is 6.01. The van der Waals surface area contributed by atoms with E-state index in [1.807, 2.05) is 23.1 Å². The maximum absolute atomic E-state index is 3.54. The van der Waals surface area contributed by atoms with E-state index < -0.39 is 0 Å². The van der Waals surface area contributed by atoms with E-state index in [1.165, 1.54) is 22.2 Å². The van der Waals surface area contributed by atoms with Gasteiger partial charge >= 0.3 is 0 Å². The van der Waals surface area contributed by atoms with Gasteiger partial charge in [-0.05, 0) is 46.5 Å². The standard InChI is InChI=1S/C10H14BrNS2/c1-13-10(3-4-10)7-12-6-9-8(11)2-5-14-9/h2,5,12H,3-4,6-7H2,1H3. The van der Waals surface area contributed by atoms with Gasteiger partial charge < -0.3 is 5.32 Å². The molecule has 0 amide bonds. The molecule has 0 saturated heterocycles. The second-order valence-corrected chi connectivity index (χ2v) is 6.81. The van der Waals surface area contributed by atoms with Crippen molar-refractivity contribution in [3.05, 3.63) is 20.8 Å². The molecule has 2 rings (SSSR count). The molecule has 0 unspecified atom stereocenters. The highest BCUT2D eigenvalue weighted by molar-refractivity contribution is 9.10. The Morgan fingerprint density at radius 1 is 1.64 bits per heavy atom. The lowest BCUT2D eigenvalue weighted by atomic mass is 10.4. The predicted molar refractivity (Wildman–Crippen MR) is 69.2 cm³/mol. The molecule has 1 aliphatic rings. The molecule has 1 aliphatic carbocycles. The van der Waals surface area contributed by atoms with Crippen LogP contribution in [0.3, 0.4) is 0 Å². The van der Waals surface area contributed by atoms with Crippen LogP contribution in [0.1, 0.15) is 17.7 Å². The van der Waals surface area contributed by atoms with Gasteiger partial charge in [-0.15, -0.1) is 11.3 Å². The average molecular weight is 292 g/mol. The number of thioether (sulfide) groups is 1. The molecule has 1 fully saturated rings. The van der Waals surface area contributed by atoms with Gasteiger partial charge in [0.25, 0.3) is 0 Å². The lowest BCUT2D eigenvalue weighted by Crippen LogP contribution is -2.25. The average Bonchev–Trinajstić information content (AvgIpc) is 2.86. The van der Waals surface area contributed by atoms with E-state index >= 15 is 0 Å². The Morgan fingerprint density at radius 3 is 2.93 bits per heavy atom. The SMILES string of the molecule is CSC1(CNCc2sccc2Br)CC1. The Morgan fingerprint density at radius 2 is 2.43 bits per heavy atom. The fraction of sp³-hybridized carbons (Fsp3) is 0.600. The van der Waals surface area contributed by atoms with Crippen LogP contribution in [-0.4, -0.2) is 17.5 Å². The first-order valence-corrected chi connectivity index (χ1v) is 7.63. The molecule has 14 heavy (non-hydrogen) atoms. The summed E-state index contributed by atoms with van der Waals surface area (Å²) in [7, 11) is 0. The molecule has 0 atom stereocenters. The Hall–Kier alpha value is 0.490. The summed E-state index contributed by atoms with van der Waals surface area (Å²) in [5.74, 6) is 0. The van der Waals surface area contributed by atoms with E-state index in [9.17, 15) is 0 Å². The molecule has 1 aromatic rings. The van der Waals surface area contributed by atoms with Crippen LogP contribution in [-0.2, 0) is 6.54 Å². The van der Waals surface area contributed by atoms with Crippen molar-refractivity contribution in [3.63, 3.8) is 0 Å². The smallest absolute Gasteiger partial charge is 0.0327 e. The monoisotopic (exact) mass is 291 g/mol. The summed E-state index contributed by atoms with van der Waals surface area (Å²) in [4.78, 5) is 1.40. The molecule has 0 aliphatic heterocycles. The zero-order valence-electron chi connectivity index (χ0n) is 8.18. The molecule has 1 nitrogen and oxygen atoms in total. The van der Waals surface area contributed by atoms with Gasteiger partial charge in [0.1, 0.15) is 0 Å². The largest absolute Gasteiger partial charge is 0.310 e. The molecule has 1 saturated carbocycles. The lowest BCUT2D eigenvalue weighted by molar-refractivity contribution is 0.668. The number of hydrogen-bond donors (Lipinski definition) is 1. The van der Waals surface area contributed by atoms with E-state index in [4.69, 9.17) is 0 Å². The quantitative estimate of drug-likeness (QED) is 0.891. The van der Waals surface area contributed by atoms with Crippen molar-refractivity contribution in [3.8, 4) is 0 Å². The summed E-state index contributed by atoms with van der Waals surface area (Å²) in [6.45, 7) is 2.15. The molecular weight excluding hydrogens is 278 g/mol. The van der Waals surface area contributed by atoms with Crippen molar-refractivity contribution in [1.29, 1.82) is 0 Å². The third-order valence-electron chi connectivity index (χ3n) is 2.66. The van der Waals surface area contributed by atoms with Crippen LogP contribution in [0.25, 0.3) is 0 Å². The maximum atomic E-state index is 3.54. The van der Waals surface area contributed by atoms with Crippen molar-refractivity contribution >= 4 is 39.0 Å². The summed E-state index contributed by atoms with van der Waals surface area (Å²) in [6.07, 6.45) is 4.98. The first-order chi connectivity index (χ1) is 6.76. The van der Waals surface area contributed by atoms with Crippen LogP contribution in [0.4, 0.5) is 0 Å². The van der Waals surface area contributed by atoms with Gasteiger partial charge in [0.05, 0.1) is 0 Å². The van der Waals surface area contributed by atoms with Gasteiger partial charge in [-0.1, -0.05) is 0 Å². The predicted octanol–water partition coefficient (Wildman–Crippen LogP) is 3.50. The van der Waals surface area contributed by atoms with E-state index in [2.05, 4.69) is 38.9 Å². The summed E-state index contributed by atoms with van der Waals surface area (Å²) >= 11 is 7.37. The first kappa shape index (κ1) is 11.0. The zero-order chi connectivity index (χ0) is 10.0. The highest BCUT2D eigenvalue weighted by Crippen LogP contribution is 2.46. The molecule has 0 spiro atoms. The van der Waals surface area contributed by atoms with E-state index in [0.29, 0.717) is 4.75 Å². The topological polar surface area (TPSA) is 12.0 Å². The zero-order valence-corrected chi connectivity index (χ0v) is 11.4. The maximum Gasteiger partial charge on any atom is 0.0327 e. The molecule has 78 valence electrons. The number of thiophene rings is 1. The Labute approximate surface area is 102 Å². The number of rotatable bonds is 5. The van der Waals surface area contributed by atoms with Gasteiger partial charge in [0, 0.05) is 27.2 Å². The van der Waals surface area contributed by atoms with Crippen LogP contribution in [0.15, 0.2) is 15.9 Å². The highest BCUT2D eigenvalue weighted by Gasteiger charge is 2.41. The molecule has 4 heteroatoms. The summed E-state index contributed by atoms with van der Waals surface area (Å²) in [5, 5.41) is 5.67. The van der Waals surface area contributed by atoms with Gasteiger partial charge in [0.15, 0.2) is 0 Å². The van der Waals surface area contributed by atoms with Crippen molar-refractivity contribution in [2.45, 2.75) is 24.1 Å². The van der Waals surface area contributed by atoms with Crippen molar-refractivity contribution in [1.82, 2.24) is 5.32 Å². The second kappa shape index (κ2) is 4.56. The van der Waals surface area contributed by atoms with Crippen LogP contribution in [0.5, 0.6) is 0 Å². The molecule has 1 N–H and O–H groups in total. The number of halogens is 1. The molecule has 0 bridgehead atoms. The summed E-state index contributed by atoms with van der Waals surface area (Å²) in [5.41, 5.74) is 0. The van der Waals surface area contributed by atoms with Crippen LogP contribution in [0, 0.1) is 0 Å². The lowest BCUT2D eigenvalue weighted by Gasteiger charge is -2.12. The van der Waals surface area contributed by atoms with Gasteiger partial charge in [-0.25, -0.2) is 0 Å². The van der Waals surface area contributed by atoms with Crippen molar-refractivity contribution < 1.29 is 0 Å². The second-order valence-electron chi connectivity index (χ2n) is 3.68. The fourth-order valence-electron chi connectivity index (χ4n) is 1.45. The molecule has 1 aromatic heterocycles. The Bertz CT molecular complexity index is 307. The molecule has 1 heterocycles. The van der Waals surface area contributed by atoms with Gasteiger partial charge in [-0.2, -0.15) is 11.8 Å². The Balaban J connectivity index is 1.76. The molecule has 0 radical (unpaired) electrons. The Kier molecular flexibility index (Phi) is 3.58. The van der Waals surface area contributed by atoms with Gasteiger partial charge in [-0.3, -0.25) is 0 Å². The minimum atomic E-state index is 0.573. The molecule has 0 aromatic carbocycles. The van der Waals surface area contributed by atoms with Gasteiger partial charge in [0.2, 0.25) is 0 Å². The first-order valence-electron chi connectivity index (χ1n) is 4.73. The summed E-state index contributed by atoms with van der Waals surface area (Å²) in [6, 6.07) is 2.11. The number of nitrogens with one attached hydrogen (secondary N) is 1. The van der Waals surface area contributed by atoms with E-state index in [-0.39, 0.29) is 0 Å². The van der Waals surface area contributed by atoms with Crippen LogP contribution in [0.2, 0.25) is 0 Å². The normalized spacial score (nSPS) is 18.4. The molecular formula is C10H14BrNS2. The number of hydrogen-bond acceptors (Lipinski definition) is 3.